The van der Waals surface area contributed by atoms with Gasteiger partial charge < -0.3 is 19.9 Å². The van der Waals surface area contributed by atoms with Gasteiger partial charge in [0.1, 0.15) is 19.0 Å². The lowest BCUT2D eigenvalue weighted by Gasteiger charge is -2.14. The fourth-order valence-corrected chi connectivity index (χ4v) is 4.43. The van der Waals surface area contributed by atoms with E-state index in [-0.39, 0.29) is 28.5 Å². The van der Waals surface area contributed by atoms with Crippen LogP contribution in [0.25, 0.3) is 6.08 Å². The van der Waals surface area contributed by atoms with E-state index in [0.717, 1.165) is 11.0 Å². The van der Waals surface area contributed by atoms with Crippen LogP contribution in [0.1, 0.15) is 21.5 Å². The van der Waals surface area contributed by atoms with Gasteiger partial charge in [0.15, 0.2) is 11.5 Å². The molecule has 2 N–H and O–H groups in total. The van der Waals surface area contributed by atoms with E-state index < -0.39 is 35.4 Å². The van der Waals surface area contributed by atoms with Crippen molar-refractivity contribution in [1.82, 2.24) is 4.90 Å². The van der Waals surface area contributed by atoms with Gasteiger partial charge in [0.2, 0.25) is 5.91 Å². The molecule has 4 rings (SSSR count). The molecule has 1 aliphatic rings. The van der Waals surface area contributed by atoms with Crippen molar-refractivity contribution in [2.45, 2.75) is 6.61 Å². The summed E-state index contributed by atoms with van der Waals surface area (Å²) in [6.45, 7) is -0.524. The zero-order chi connectivity index (χ0) is 27.2. The fourth-order valence-electron chi connectivity index (χ4n) is 3.60. The second kappa shape index (κ2) is 11.6. The zero-order valence-electron chi connectivity index (χ0n) is 20.0. The van der Waals surface area contributed by atoms with E-state index >= 15 is 0 Å². The molecule has 38 heavy (non-hydrogen) atoms. The van der Waals surface area contributed by atoms with Crippen LogP contribution in [0, 0.1) is 5.82 Å². The van der Waals surface area contributed by atoms with Crippen molar-refractivity contribution in [3.05, 3.63) is 94.1 Å². The Kier molecular flexibility index (Phi) is 8.07. The van der Waals surface area contributed by atoms with Gasteiger partial charge in [0.25, 0.3) is 11.1 Å². The number of anilines is 1. The van der Waals surface area contributed by atoms with Crippen LogP contribution in [0.5, 0.6) is 11.5 Å². The Hall–Kier alpha value is -4.64. The quantitative estimate of drug-likeness (QED) is 0.375. The van der Waals surface area contributed by atoms with Crippen molar-refractivity contribution >= 4 is 46.5 Å². The second-order valence-electron chi connectivity index (χ2n) is 8.00. The molecule has 194 valence electrons. The van der Waals surface area contributed by atoms with Crippen LogP contribution in [-0.2, 0) is 16.2 Å². The molecule has 9 nitrogen and oxygen atoms in total. The Morgan fingerprint density at radius 1 is 1.08 bits per heavy atom. The predicted octanol–water partition coefficient (Wildman–Crippen LogP) is 4.79. The molecule has 0 aliphatic carbocycles. The average molecular weight is 537 g/mol. The summed E-state index contributed by atoms with van der Waals surface area (Å²) in [7, 11) is 1.45. The third-order valence-electron chi connectivity index (χ3n) is 5.36. The summed E-state index contributed by atoms with van der Waals surface area (Å²) in [6.07, 6.45) is 1.46. The monoisotopic (exact) mass is 536 g/mol. The third-order valence-corrected chi connectivity index (χ3v) is 6.26. The van der Waals surface area contributed by atoms with Crippen LogP contribution in [0.2, 0.25) is 0 Å². The lowest BCUT2D eigenvalue weighted by atomic mass is 10.1. The molecule has 3 aromatic carbocycles. The van der Waals surface area contributed by atoms with Crippen LogP contribution in [-0.4, -0.2) is 46.7 Å². The van der Waals surface area contributed by atoms with E-state index in [4.69, 9.17) is 9.47 Å². The Bertz CT molecular complexity index is 1460. The van der Waals surface area contributed by atoms with Crippen LogP contribution in [0.3, 0.4) is 0 Å². The fraction of sp³-hybridized carbons (Fsp3) is 0.111. The minimum atomic E-state index is -1.06. The molecule has 1 aliphatic heterocycles. The molecule has 0 spiro atoms. The lowest BCUT2D eigenvalue weighted by molar-refractivity contribution is -0.127. The van der Waals surface area contributed by atoms with E-state index in [9.17, 15) is 28.7 Å². The molecular weight excluding hydrogens is 515 g/mol. The van der Waals surface area contributed by atoms with Crippen LogP contribution >= 0.6 is 11.8 Å². The highest BCUT2D eigenvalue weighted by molar-refractivity contribution is 8.18. The topological polar surface area (TPSA) is 122 Å². The number of carbonyl (C=O) groups is 4. The van der Waals surface area contributed by atoms with E-state index in [1.54, 1.807) is 30.3 Å². The van der Waals surface area contributed by atoms with Gasteiger partial charge in [-0.05, 0) is 59.8 Å². The summed E-state index contributed by atoms with van der Waals surface area (Å²) >= 11 is 0.666. The van der Waals surface area contributed by atoms with E-state index in [1.165, 1.54) is 43.5 Å². The van der Waals surface area contributed by atoms with Crippen LogP contribution < -0.4 is 14.8 Å². The summed E-state index contributed by atoms with van der Waals surface area (Å²) < 4.78 is 24.7. The highest BCUT2D eigenvalue weighted by atomic mass is 32.2. The Morgan fingerprint density at radius 3 is 2.58 bits per heavy atom. The van der Waals surface area contributed by atoms with Crippen LogP contribution in [0.4, 0.5) is 14.9 Å². The van der Waals surface area contributed by atoms with Gasteiger partial charge in [-0.2, -0.15) is 0 Å². The Morgan fingerprint density at radius 2 is 1.84 bits per heavy atom. The van der Waals surface area contributed by atoms with Crippen molar-refractivity contribution in [2.24, 2.45) is 0 Å². The molecule has 0 unspecified atom stereocenters. The number of hydrogen-bond donors (Lipinski definition) is 2. The number of amides is 3. The van der Waals surface area contributed by atoms with Gasteiger partial charge in [-0.15, -0.1) is 0 Å². The van der Waals surface area contributed by atoms with Crippen molar-refractivity contribution in [1.29, 1.82) is 0 Å². The SMILES string of the molecule is COc1cccc(/C=C2/SC(=O)N(CC(=O)Nc3cccc(F)c3)C2=O)c1OCc1cccc(C(=O)O)c1. The largest absolute Gasteiger partial charge is 0.493 e. The maximum absolute atomic E-state index is 13.4. The summed E-state index contributed by atoms with van der Waals surface area (Å²) in [4.78, 5) is 50.0. The second-order valence-corrected chi connectivity index (χ2v) is 8.99. The first-order valence-electron chi connectivity index (χ1n) is 11.2. The van der Waals surface area contributed by atoms with E-state index in [1.807, 2.05) is 0 Å². The predicted molar refractivity (Wildman–Crippen MR) is 138 cm³/mol. The summed E-state index contributed by atoms with van der Waals surface area (Å²) in [6, 6.07) is 16.5. The Labute approximate surface area is 220 Å². The molecule has 0 atom stereocenters. The maximum atomic E-state index is 13.4. The number of hydrogen-bond acceptors (Lipinski definition) is 7. The number of methoxy groups -OCH3 is 1. The zero-order valence-corrected chi connectivity index (χ0v) is 20.8. The van der Waals surface area contributed by atoms with Crippen molar-refractivity contribution in [3.63, 3.8) is 0 Å². The van der Waals surface area contributed by atoms with Gasteiger partial charge >= 0.3 is 5.97 Å². The van der Waals surface area contributed by atoms with Crippen molar-refractivity contribution < 1.29 is 38.1 Å². The molecule has 0 aromatic heterocycles. The average Bonchev–Trinajstić information content (AvgIpc) is 3.15. The van der Waals surface area contributed by atoms with Crippen LogP contribution in [0.15, 0.2) is 71.6 Å². The number of carbonyl (C=O) groups excluding carboxylic acids is 3. The van der Waals surface area contributed by atoms with E-state index in [0.29, 0.717) is 28.6 Å². The molecule has 11 heteroatoms. The summed E-state index contributed by atoms with van der Waals surface area (Å²) in [5, 5.41) is 11.0. The number of nitrogens with one attached hydrogen (secondary N) is 1. The highest BCUT2D eigenvalue weighted by Crippen LogP contribution is 2.37. The summed E-state index contributed by atoms with van der Waals surface area (Å²) in [5.41, 5.74) is 1.35. The van der Waals surface area contributed by atoms with Gasteiger partial charge in [0.05, 0.1) is 17.6 Å². The first-order chi connectivity index (χ1) is 18.2. The third kappa shape index (κ3) is 6.19. The molecule has 0 radical (unpaired) electrons. The van der Waals surface area contributed by atoms with Crippen molar-refractivity contribution in [3.8, 4) is 11.5 Å². The number of benzene rings is 3. The van der Waals surface area contributed by atoms with E-state index in [2.05, 4.69) is 5.32 Å². The Balaban J connectivity index is 1.52. The first kappa shape index (κ1) is 26.4. The molecule has 0 bridgehead atoms. The molecular formula is C27H21FN2O7S. The van der Waals surface area contributed by atoms with Gasteiger partial charge in [-0.1, -0.05) is 30.3 Å². The first-order valence-corrected chi connectivity index (χ1v) is 12.0. The molecule has 0 saturated carbocycles. The molecule has 1 saturated heterocycles. The number of nitrogens with zero attached hydrogens (tertiary/aromatic N) is 1. The number of carboxylic acids is 1. The number of para-hydroxylation sites is 1. The number of carboxylic acid groups (broad SMARTS) is 1. The molecule has 1 heterocycles. The number of ether oxygens (including phenoxy) is 2. The number of imide groups is 1. The standard InChI is InChI=1S/C27H21FN2O7S/c1-36-21-10-3-6-17(24(21)37-15-16-5-2-7-18(11-16)26(33)34)12-22-25(32)30(27(35)38-22)14-23(31)29-20-9-4-8-19(28)13-20/h2-13H,14-15H2,1H3,(H,29,31)(H,33,34)/b22-12+. The number of aromatic carboxylic acids is 1. The maximum Gasteiger partial charge on any atom is 0.335 e. The normalized spacial score (nSPS) is 14.1. The number of thioether (sulfide) groups is 1. The summed E-state index contributed by atoms with van der Waals surface area (Å²) in [5.74, 6) is -2.29. The van der Waals surface area contributed by atoms with Gasteiger partial charge in [-0.25, -0.2) is 9.18 Å². The molecule has 1 fully saturated rings. The molecule has 3 amide bonds. The lowest BCUT2D eigenvalue weighted by Crippen LogP contribution is -2.36. The minimum absolute atomic E-state index is 0.0179. The smallest absolute Gasteiger partial charge is 0.335 e. The molecule has 3 aromatic rings. The number of halogens is 1. The highest BCUT2D eigenvalue weighted by Gasteiger charge is 2.36. The van der Waals surface area contributed by atoms with Gasteiger partial charge in [0, 0.05) is 11.3 Å². The minimum Gasteiger partial charge on any atom is -0.493 e. The number of rotatable bonds is 9. The van der Waals surface area contributed by atoms with Crippen molar-refractivity contribution in [2.75, 3.05) is 19.0 Å². The van der Waals surface area contributed by atoms with Gasteiger partial charge in [-0.3, -0.25) is 19.3 Å².